The van der Waals surface area contributed by atoms with E-state index in [1.54, 1.807) is 12.1 Å². The van der Waals surface area contributed by atoms with Crippen LogP contribution < -0.4 is 10.6 Å². The molecule has 0 radical (unpaired) electrons. The molecule has 1 unspecified atom stereocenters. The van der Waals surface area contributed by atoms with Crippen LogP contribution in [-0.2, 0) is 0 Å². The summed E-state index contributed by atoms with van der Waals surface area (Å²) in [7, 11) is 0. The number of nitrogens with one attached hydrogen (secondary N) is 2. The zero-order valence-electron chi connectivity index (χ0n) is 9.29. The summed E-state index contributed by atoms with van der Waals surface area (Å²) in [5.74, 6) is 0.0801. The first kappa shape index (κ1) is 11.0. The Labute approximate surface area is 94.7 Å². The minimum absolute atomic E-state index is 0.0915. The van der Waals surface area contributed by atoms with E-state index in [0.29, 0.717) is 5.56 Å². The third-order valence-corrected chi connectivity index (χ3v) is 2.91. The van der Waals surface area contributed by atoms with Crippen molar-refractivity contribution >= 4 is 5.91 Å². The third kappa shape index (κ3) is 2.33. The zero-order valence-corrected chi connectivity index (χ0v) is 9.29. The van der Waals surface area contributed by atoms with Crippen LogP contribution in [0.1, 0.15) is 23.7 Å². The summed E-state index contributed by atoms with van der Waals surface area (Å²) in [6.07, 6.45) is 0.941. The number of benzene rings is 1. The van der Waals surface area contributed by atoms with Gasteiger partial charge in [0.25, 0.3) is 5.91 Å². The first-order valence-corrected chi connectivity index (χ1v) is 5.41. The van der Waals surface area contributed by atoms with Crippen molar-refractivity contribution < 1.29 is 9.90 Å². The second-order valence-corrected chi connectivity index (χ2v) is 4.49. The summed E-state index contributed by atoms with van der Waals surface area (Å²) in [4.78, 5) is 11.9. The van der Waals surface area contributed by atoms with E-state index in [4.69, 9.17) is 5.11 Å². The predicted molar refractivity (Wildman–Crippen MR) is 61.5 cm³/mol. The second-order valence-electron chi connectivity index (χ2n) is 4.49. The summed E-state index contributed by atoms with van der Waals surface area (Å²) in [5.41, 5.74) is 0.417. The first-order valence-electron chi connectivity index (χ1n) is 5.41. The van der Waals surface area contributed by atoms with E-state index < -0.39 is 0 Å². The summed E-state index contributed by atoms with van der Waals surface area (Å²) in [6, 6.07) is 6.28. The van der Waals surface area contributed by atoms with Gasteiger partial charge in [0.1, 0.15) is 5.75 Å². The van der Waals surface area contributed by atoms with Crippen molar-refractivity contribution in [2.24, 2.45) is 0 Å². The van der Waals surface area contributed by atoms with Crippen LogP contribution in [0.25, 0.3) is 0 Å². The molecule has 1 atom stereocenters. The molecule has 1 heterocycles. The minimum atomic E-state index is -0.158. The highest BCUT2D eigenvalue weighted by atomic mass is 16.3. The van der Waals surface area contributed by atoms with Crippen LogP contribution in [0.15, 0.2) is 24.3 Å². The Bertz CT molecular complexity index is 381. The monoisotopic (exact) mass is 220 g/mol. The van der Waals surface area contributed by atoms with E-state index in [1.165, 1.54) is 12.1 Å². The first-order chi connectivity index (χ1) is 7.59. The number of rotatable bonds is 2. The molecule has 1 fully saturated rings. The van der Waals surface area contributed by atoms with Crippen LogP contribution in [0.5, 0.6) is 5.75 Å². The molecule has 0 spiro atoms. The van der Waals surface area contributed by atoms with E-state index in [-0.39, 0.29) is 17.2 Å². The van der Waals surface area contributed by atoms with Crippen molar-refractivity contribution in [3.8, 4) is 5.75 Å². The highest BCUT2D eigenvalue weighted by molar-refractivity contribution is 5.94. The maximum atomic E-state index is 11.9. The van der Waals surface area contributed by atoms with Crippen LogP contribution in [0.2, 0.25) is 0 Å². The summed E-state index contributed by atoms with van der Waals surface area (Å²) >= 11 is 0. The van der Waals surface area contributed by atoms with Crippen molar-refractivity contribution in [2.75, 3.05) is 13.1 Å². The number of carbonyl (C=O) groups excluding carboxylic acids is 1. The molecule has 86 valence electrons. The summed E-state index contributed by atoms with van der Waals surface area (Å²) in [6.45, 7) is 3.77. The van der Waals surface area contributed by atoms with Crippen molar-refractivity contribution in [3.05, 3.63) is 29.8 Å². The van der Waals surface area contributed by atoms with Crippen molar-refractivity contribution in [2.45, 2.75) is 18.9 Å². The number of amides is 1. The Kier molecular flexibility index (Phi) is 2.83. The molecule has 3 N–H and O–H groups in total. The predicted octanol–water partition coefficient (Wildman–Crippen LogP) is 0.874. The molecule has 1 saturated heterocycles. The van der Waals surface area contributed by atoms with Gasteiger partial charge in [-0.1, -0.05) is 0 Å². The number of aromatic hydroxyl groups is 1. The second kappa shape index (κ2) is 4.14. The van der Waals surface area contributed by atoms with Gasteiger partial charge in [0, 0.05) is 12.1 Å². The van der Waals surface area contributed by atoms with Gasteiger partial charge in [-0.2, -0.15) is 0 Å². The maximum Gasteiger partial charge on any atom is 0.251 e. The fourth-order valence-corrected chi connectivity index (χ4v) is 1.88. The van der Waals surface area contributed by atoms with Gasteiger partial charge in [-0.3, -0.25) is 4.79 Å². The molecule has 0 aromatic heterocycles. The Morgan fingerprint density at radius 2 is 2.12 bits per heavy atom. The number of phenolic OH excluding ortho intramolecular Hbond substituents is 1. The van der Waals surface area contributed by atoms with Gasteiger partial charge in [0.15, 0.2) is 0 Å². The largest absolute Gasteiger partial charge is 0.508 e. The smallest absolute Gasteiger partial charge is 0.251 e. The highest BCUT2D eigenvalue weighted by Gasteiger charge is 2.30. The van der Waals surface area contributed by atoms with E-state index >= 15 is 0 Å². The molecule has 16 heavy (non-hydrogen) atoms. The van der Waals surface area contributed by atoms with E-state index in [0.717, 1.165) is 19.5 Å². The molecule has 4 heteroatoms. The number of phenols is 1. The molecule has 0 bridgehead atoms. The Morgan fingerprint density at radius 3 is 2.69 bits per heavy atom. The summed E-state index contributed by atoms with van der Waals surface area (Å²) < 4.78 is 0. The molecule has 0 aliphatic carbocycles. The normalized spacial score (nSPS) is 24.3. The van der Waals surface area contributed by atoms with Crippen LogP contribution >= 0.6 is 0 Å². The molecule has 1 aliphatic heterocycles. The SMILES string of the molecule is CC1(NC(=O)c2ccc(O)cc2)CCNC1. The van der Waals surface area contributed by atoms with E-state index in [1.807, 2.05) is 6.92 Å². The Morgan fingerprint density at radius 1 is 1.44 bits per heavy atom. The molecular weight excluding hydrogens is 204 g/mol. The van der Waals surface area contributed by atoms with E-state index in [2.05, 4.69) is 10.6 Å². The zero-order chi connectivity index (χ0) is 11.6. The number of hydrogen-bond donors (Lipinski definition) is 3. The Hall–Kier alpha value is -1.55. The average Bonchev–Trinajstić information content (AvgIpc) is 2.65. The quantitative estimate of drug-likeness (QED) is 0.693. The van der Waals surface area contributed by atoms with Crippen molar-refractivity contribution in [3.63, 3.8) is 0 Å². The summed E-state index contributed by atoms with van der Waals surface area (Å²) in [5, 5.41) is 15.4. The van der Waals surface area contributed by atoms with Crippen molar-refractivity contribution in [1.82, 2.24) is 10.6 Å². The highest BCUT2D eigenvalue weighted by Crippen LogP contribution is 2.15. The maximum absolute atomic E-state index is 11.9. The fourth-order valence-electron chi connectivity index (χ4n) is 1.88. The molecule has 1 amide bonds. The van der Waals surface area contributed by atoms with Gasteiger partial charge in [-0.15, -0.1) is 0 Å². The molecular formula is C12H16N2O2. The van der Waals surface area contributed by atoms with Crippen LogP contribution in [0, 0.1) is 0 Å². The lowest BCUT2D eigenvalue weighted by atomic mass is 10.0. The lowest BCUT2D eigenvalue weighted by molar-refractivity contribution is 0.0913. The fraction of sp³-hybridized carbons (Fsp3) is 0.417. The number of hydrogen-bond acceptors (Lipinski definition) is 3. The molecule has 1 aromatic carbocycles. The topological polar surface area (TPSA) is 61.4 Å². The van der Waals surface area contributed by atoms with Crippen LogP contribution in [0.4, 0.5) is 0 Å². The minimum Gasteiger partial charge on any atom is -0.508 e. The van der Waals surface area contributed by atoms with Gasteiger partial charge in [-0.25, -0.2) is 0 Å². The lowest BCUT2D eigenvalue weighted by Crippen LogP contribution is -2.47. The number of carbonyl (C=O) groups is 1. The lowest BCUT2D eigenvalue weighted by Gasteiger charge is -2.24. The molecule has 4 nitrogen and oxygen atoms in total. The molecule has 1 aliphatic rings. The van der Waals surface area contributed by atoms with Crippen LogP contribution in [0.3, 0.4) is 0 Å². The van der Waals surface area contributed by atoms with Gasteiger partial charge < -0.3 is 15.7 Å². The Balaban J connectivity index is 2.05. The average molecular weight is 220 g/mol. The molecule has 1 aromatic rings. The van der Waals surface area contributed by atoms with Gasteiger partial charge in [0.05, 0.1) is 5.54 Å². The molecule has 0 saturated carbocycles. The van der Waals surface area contributed by atoms with Crippen LogP contribution in [-0.4, -0.2) is 29.6 Å². The van der Waals surface area contributed by atoms with Gasteiger partial charge in [0.2, 0.25) is 0 Å². The van der Waals surface area contributed by atoms with Gasteiger partial charge in [-0.05, 0) is 44.2 Å². The van der Waals surface area contributed by atoms with Crippen molar-refractivity contribution in [1.29, 1.82) is 0 Å². The standard InChI is InChI=1S/C12H16N2O2/c1-12(6-7-13-8-12)14-11(16)9-2-4-10(15)5-3-9/h2-5,13,15H,6-8H2,1H3,(H,14,16). The van der Waals surface area contributed by atoms with Gasteiger partial charge >= 0.3 is 0 Å². The molecule has 2 rings (SSSR count). The third-order valence-electron chi connectivity index (χ3n) is 2.91. The van der Waals surface area contributed by atoms with E-state index in [9.17, 15) is 4.79 Å².